The van der Waals surface area contributed by atoms with Crippen molar-refractivity contribution in [1.82, 2.24) is 0 Å². The summed E-state index contributed by atoms with van der Waals surface area (Å²) in [5.41, 5.74) is 0. The van der Waals surface area contributed by atoms with Crippen molar-refractivity contribution >= 4 is 8.81 Å². The average molecular weight is 102 g/mol. The molecule has 0 aromatic rings. The molecule has 0 aromatic carbocycles. The van der Waals surface area contributed by atoms with Gasteiger partial charge in [0.2, 0.25) is 0 Å². The van der Waals surface area contributed by atoms with E-state index in [0.29, 0.717) is 8.81 Å². The van der Waals surface area contributed by atoms with Crippen molar-refractivity contribution in [2.75, 3.05) is 6.16 Å². The Morgan fingerprint density at radius 2 is 2.67 bits per heavy atom. The van der Waals surface area contributed by atoms with Crippen LogP contribution < -0.4 is 0 Å². The third-order valence-electron chi connectivity index (χ3n) is 0.661. The van der Waals surface area contributed by atoms with Gasteiger partial charge in [-0.2, -0.15) is 0 Å². The molecule has 1 aliphatic rings. The summed E-state index contributed by atoms with van der Waals surface area (Å²) in [6.45, 7) is 0. The van der Waals surface area contributed by atoms with Crippen molar-refractivity contribution in [3.05, 3.63) is 12.3 Å². The van der Waals surface area contributed by atoms with Crippen LogP contribution in [0.4, 0.5) is 0 Å². The maximum Gasteiger partial charge on any atom is 0.0825 e. The SMILES string of the molecule is C1=COPCC1. The van der Waals surface area contributed by atoms with Gasteiger partial charge in [-0.1, -0.05) is 0 Å². The molecule has 1 aliphatic heterocycles. The summed E-state index contributed by atoms with van der Waals surface area (Å²) in [7, 11) is 0.715. The van der Waals surface area contributed by atoms with Gasteiger partial charge in [-0.05, 0) is 12.5 Å². The molecule has 0 bridgehead atoms. The first-order valence-corrected chi connectivity index (χ1v) is 3.15. The smallest absolute Gasteiger partial charge is 0.0825 e. The standard InChI is InChI=1S/C4H7OP/c1-2-4-6-5-3-1/h1,3,6H,2,4H2. The zero-order valence-corrected chi connectivity index (χ0v) is 4.48. The van der Waals surface area contributed by atoms with E-state index in [4.69, 9.17) is 4.52 Å². The lowest BCUT2D eigenvalue weighted by atomic mass is 10.5. The number of rotatable bonds is 0. The van der Waals surface area contributed by atoms with Crippen LogP contribution in [0.1, 0.15) is 6.42 Å². The molecule has 0 saturated heterocycles. The van der Waals surface area contributed by atoms with E-state index >= 15 is 0 Å². The Kier molecular flexibility index (Phi) is 1.52. The van der Waals surface area contributed by atoms with E-state index in [1.807, 2.05) is 0 Å². The lowest BCUT2D eigenvalue weighted by molar-refractivity contribution is 0.538. The molecular formula is C4H7OP. The first-order chi connectivity index (χ1) is 3.00. The summed E-state index contributed by atoms with van der Waals surface area (Å²) < 4.78 is 4.92. The second-order valence-corrected chi connectivity index (χ2v) is 2.20. The van der Waals surface area contributed by atoms with Gasteiger partial charge in [0.1, 0.15) is 0 Å². The van der Waals surface area contributed by atoms with Gasteiger partial charge >= 0.3 is 0 Å². The van der Waals surface area contributed by atoms with Crippen molar-refractivity contribution in [2.24, 2.45) is 0 Å². The van der Waals surface area contributed by atoms with Gasteiger partial charge in [0.15, 0.2) is 0 Å². The highest BCUT2D eigenvalue weighted by molar-refractivity contribution is 7.32. The van der Waals surface area contributed by atoms with E-state index in [-0.39, 0.29) is 0 Å². The average Bonchev–Trinajstić information content (AvgIpc) is 1.72. The van der Waals surface area contributed by atoms with Crippen LogP contribution in [0.15, 0.2) is 12.3 Å². The molecule has 6 heavy (non-hydrogen) atoms. The lowest BCUT2D eigenvalue weighted by Gasteiger charge is -2.01. The molecular weight excluding hydrogens is 95.0 g/mol. The molecule has 0 saturated carbocycles. The molecule has 1 heterocycles. The fourth-order valence-corrected chi connectivity index (χ4v) is 0.960. The number of hydrogen-bond donors (Lipinski definition) is 0. The van der Waals surface area contributed by atoms with Gasteiger partial charge in [-0.25, -0.2) is 0 Å². The van der Waals surface area contributed by atoms with Crippen LogP contribution in [0.3, 0.4) is 0 Å². The molecule has 2 heteroatoms. The van der Waals surface area contributed by atoms with Gasteiger partial charge < -0.3 is 4.52 Å². The molecule has 0 N–H and O–H groups in total. The van der Waals surface area contributed by atoms with E-state index in [1.165, 1.54) is 12.6 Å². The molecule has 0 radical (unpaired) electrons. The molecule has 0 aliphatic carbocycles. The van der Waals surface area contributed by atoms with E-state index < -0.39 is 0 Å². The second kappa shape index (κ2) is 2.20. The largest absolute Gasteiger partial charge is 0.485 e. The Morgan fingerprint density at radius 1 is 1.67 bits per heavy atom. The van der Waals surface area contributed by atoms with Crippen molar-refractivity contribution in [3.63, 3.8) is 0 Å². The van der Waals surface area contributed by atoms with Crippen LogP contribution in [0.5, 0.6) is 0 Å². The third kappa shape index (κ3) is 0.983. The highest BCUT2D eigenvalue weighted by atomic mass is 31.1. The van der Waals surface area contributed by atoms with E-state index in [0.717, 1.165) is 0 Å². The Hall–Kier alpha value is -0.0300. The van der Waals surface area contributed by atoms with Crippen LogP contribution >= 0.6 is 8.81 Å². The topological polar surface area (TPSA) is 9.23 Å². The molecule has 1 unspecified atom stereocenters. The summed E-state index contributed by atoms with van der Waals surface area (Å²) in [6.07, 6.45) is 6.26. The Morgan fingerprint density at radius 3 is 2.83 bits per heavy atom. The predicted octanol–water partition coefficient (Wildman–Crippen LogP) is 1.51. The molecule has 1 atom stereocenters. The molecule has 1 nitrogen and oxygen atoms in total. The van der Waals surface area contributed by atoms with Crippen molar-refractivity contribution in [2.45, 2.75) is 6.42 Å². The first-order valence-electron chi connectivity index (χ1n) is 2.03. The highest BCUT2D eigenvalue weighted by Crippen LogP contribution is 2.17. The zero-order valence-electron chi connectivity index (χ0n) is 3.48. The predicted molar refractivity (Wildman–Crippen MR) is 28.0 cm³/mol. The molecule has 0 amide bonds. The summed E-state index contributed by atoms with van der Waals surface area (Å²) >= 11 is 0. The summed E-state index contributed by atoms with van der Waals surface area (Å²) in [5, 5.41) is 0. The molecule has 0 spiro atoms. The van der Waals surface area contributed by atoms with E-state index in [9.17, 15) is 0 Å². The van der Waals surface area contributed by atoms with Crippen LogP contribution in [0.25, 0.3) is 0 Å². The molecule has 0 fully saturated rings. The van der Waals surface area contributed by atoms with E-state index in [1.54, 1.807) is 6.26 Å². The maximum atomic E-state index is 4.92. The minimum atomic E-state index is 0.715. The normalized spacial score (nSPS) is 24.0. The third-order valence-corrected chi connectivity index (χ3v) is 1.46. The summed E-state index contributed by atoms with van der Waals surface area (Å²) in [5.74, 6) is 0. The van der Waals surface area contributed by atoms with Crippen LogP contribution in [-0.4, -0.2) is 6.16 Å². The minimum absolute atomic E-state index is 0.715. The molecule has 34 valence electrons. The molecule has 1 rings (SSSR count). The van der Waals surface area contributed by atoms with Gasteiger partial charge in [0, 0.05) is 6.16 Å². The van der Waals surface area contributed by atoms with Gasteiger partial charge in [-0.3, -0.25) is 0 Å². The number of hydrogen-bond acceptors (Lipinski definition) is 1. The van der Waals surface area contributed by atoms with Crippen molar-refractivity contribution in [3.8, 4) is 0 Å². The maximum absolute atomic E-state index is 4.92. The summed E-state index contributed by atoms with van der Waals surface area (Å²) in [4.78, 5) is 0. The van der Waals surface area contributed by atoms with Gasteiger partial charge in [0.05, 0.1) is 15.1 Å². The van der Waals surface area contributed by atoms with Crippen molar-refractivity contribution < 1.29 is 4.52 Å². The molecule has 0 aromatic heterocycles. The minimum Gasteiger partial charge on any atom is -0.485 e. The first kappa shape index (κ1) is 4.14. The monoisotopic (exact) mass is 102 g/mol. The fraction of sp³-hybridized carbons (Fsp3) is 0.500. The fourth-order valence-electron chi connectivity index (χ4n) is 0.365. The van der Waals surface area contributed by atoms with Gasteiger partial charge in [0.25, 0.3) is 0 Å². The van der Waals surface area contributed by atoms with E-state index in [2.05, 4.69) is 6.08 Å². The van der Waals surface area contributed by atoms with Crippen LogP contribution in [0.2, 0.25) is 0 Å². The number of allylic oxidation sites excluding steroid dienone is 1. The Labute approximate surface area is 39.3 Å². The van der Waals surface area contributed by atoms with Crippen molar-refractivity contribution in [1.29, 1.82) is 0 Å². The lowest BCUT2D eigenvalue weighted by Crippen LogP contribution is -1.77. The Bertz CT molecular complexity index is 52.6. The van der Waals surface area contributed by atoms with Crippen LogP contribution in [-0.2, 0) is 4.52 Å². The van der Waals surface area contributed by atoms with Crippen LogP contribution in [0, 0.1) is 0 Å². The second-order valence-electron chi connectivity index (χ2n) is 1.17. The zero-order chi connectivity index (χ0) is 4.24. The van der Waals surface area contributed by atoms with Gasteiger partial charge in [-0.15, -0.1) is 0 Å². The quantitative estimate of drug-likeness (QED) is 0.421. The Balaban J connectivity index is 2.26. The highest BCUT2D eigenvalue weighted by Gasteiger charge is 1.87. The summed E-state index contributed by atoms with van der Waals surface area (Å²) in [6, 6.07) is 0.